The minimum absolute atomic E-state index is 0.0965. The minimum Gasteiger partial charge on any atom is -0.326 e. The summed E-state index contributed by atoms with van der Waals surface area (Å²) < 4.78 is 0. The highest BCUT2D eigenvalue weighted by molar-refractivity contribution is 6.30. The molecule has 1 unspecified atom stereocenters. The van der Waals surface area contributed by atoms with Gasteiger partial charge in [-0.25, -0.2) is 0 Å². The Morgan fingerprint density at radius 3 is 2.36 bits per heavy atom. The minimum atomic E-state index is 0.0965. The van der Waals surface area contributed by atoms with Crippen LogP contribution in [0.5, 0.6) is 0 Å². The second kappa shape index (κ2) is 8.50. The molecule has 1 N–H and O–H groups in total. The van der Waals surface area contributed by atoms with E-state index in [1.165, 1.54) is 5.56 Å². The van der Waals surface area contributed by atoms with Gasteiger partial charge in [-0.1, -0.05) is 48.9 Å². The van der Waals surface area contributed by atoms with E-state index in [1.807, 2.05) is 42.5 Å². The second-order valence-electron chi connectivity index (χ2n) is 6.64. The smallest absolute Gasteiger partial charge is 0.227 e. The van der Waals surface area contributed by atoms with Crippen molar-refractivity contribution in [3.05, 3.63) is 65.2 Å². The number of carbonyl (C=O) groups is 1. The van der Waals surface area contributed by atoms with Crippen molar-refractivity contribution in [2.75, 3.05) is 18.4 Å². The zero-order chi connectivity index (χ0) is 17.6. The van der Waals surface area contributed by atoms with Crippen LogP contribution in [0.2, 0.25) is 5.02 Å². The van der Waals surface area contributed by atoms with Crippen molar-refractivity contribution in [1.82, 2.24) is 4.90 Å². The quantitative estimate of drug-likeness (QED) is 0.804. The molecular weight excluding hydrogens is 332 g/mol. The van der Waals surface area contributed by atoms with Gasteiger partial charge in [-0.2, -0.15) is 0 Å². The van der Waals surface area contributed by atoms with Crippen molar-refractivity contribution < 1.29 is 4.79 Å². The van der Waals surface area contributed by atoms with Gasteiger partial charge < -0.3 is 5.32 Å². The van der Waals surface area contributed by atoms with Crippen LogP contribution in [0.3, 0.4) is 0 Å². The standard InChI is InChI=1S/C21H25ClN2O/c1-2-20(16-8-10-18(22)11-9-16)24-14-12-17(13-15-24)21(25)23-19-6-4-3-5-7-19/h3-11,17,20H,2,12-15H2,1H3,(H,23,25). The van der Waals surface area contributed by atoms with Crippen molar-refractivity contribution in [2.45, 2.75) is 32.2 Å². The number of hydrogen-bond acceptors (Lipinski definition) is 2. The van der Waals surface area contributed by atoms with E-state index in [2.05, 4.69) is 29.3 Å². The molecule has 0 radical (unpaired) electrons. The van der Waals surface area contributed by atoms with Gasteiger partial charge in [0.1, 0.15) is 0 Å². The third-order valence-electron chi connectivity index (χ3n) is 5.02. The Labute approximate surface area is 155 Å². The van der Waals surface area contributed by atoms with Gasteiger partial charge in [-0.05, 0) is 62.2 Å². The fourth-order valence-electron chi connectivity index (χ4n) is 3.63. The molecule has 2 aromatic rings. The molecule has 0 aromatic heterocycles. The van der Waals surface area contributed by atoms with Crippen LogP contribution in [0, 0.1) is 5.92 Å². The zero-order valence-corrected chi connectivity index (χ0v) is 15.4. The lowest BCUT2D eigenvalue weighted by atomic mass is 9.92. The third-order valence-corrected chi connectivity index (χ3v) is 5.28. The molecule has 1 atom stereocenters. The topological polar surface area (TPSA) is 32.3 Å². The molecule has 0 spiro atoms. The predicted molar refractivity (Wildman–Crippen MR) is 104 cm³/mol. The van der Waals surface area contributed by atoms with Gasteiger partial charge in [0.05, 0.1) is 0 Å². The van der Waals surface area contributed by atoms with E-state index in [0.717, 1.165) is 43.1 Å². The number of anilines is 1. The number of benzene rings is 2. The molecule has 0 bridgehead atoms. The molecule has 1 amide bonds. The van der Waals surface area contributed by atoms with Crippen LogP contribution in [-0.4, -0.2) is 23.9 Å². The summed E-state index contributed by atoms with van der Waals surface area (Å²) in [4.78, 5) is 15.0. The number of halogens is 1. The largest absolute Gasteiger partial charge is 0.326 e. The Bertz CT molecular complexity index is 679. The third kappa shape index (κ3) is 4.62. The molecule has 25 heavy (non-hydrogen) atoms. The van der Waals surface area contributed by atoms with Crippen LogP contribution >= 0.6 is 11.6 Å². The molecule has 0 saturated carbocycles. The lowest BCUT2D eigenvalue weighted by Gasteiger charge is -2.37. The maximum Gasteiger partial charge on any atom is 0.227 e. The Morgan fingerprint density at radius 2 is 1.76 bits per heavy atom. The number of hydrogen-bond donors (Lipinski definition) is 1. The Kier molecular flexibility index (Phi) is 6.11. The van der Waals surface area contributed by atoms with Gasteiger partial charge in [0, 0.05) is 22.7 Å². The maximum atomic E-state index is 12.5. The first-order chi connectivity index (χ1) is 12.2. The highest BCUT2D eigenvalue weighted by Gasteiger charge is 2.28. The van der Waals surface area contributed by atoms with E-state index >= 15 is 0 Å². The van der Waals surface area contributed by atoms with Crippen molar-refractivity contribution in [3.8, 4) is 0 Å². The van der Waals surface area contributed by atoms with E-state index in [9.17, 15) is 4.79 Å². The Hall–Kier alpha value is -1.84. The van der Waals surface area contributed by atoms with E-state index < -0.39 is 0 Å². The van der Waals surface area contributed by atoms with Gasteiger partial charge in [0.2, 0.25) is 5.91 Å². The number of para-hydroxylation sites is 1. The fraction of sp³-hybridized carbons (Fsp3) is 0.381. The molecule has 1 fully saturated rings. The van der Waals surface area contributed by atoms with E-state index in [-0.39, 0.29) is 11.8 Å². The number of rotatable bonds is 5. The number of piperidine rings is 1. The summed E-state index contributed by atoms with van der Waals surface area (Å²) in [6, 6.07) is 18.2. The van der Waals surface area contributed by atoms with Crippen molar-refractivity contribution in [3.63, 3.8) is 0 Å². The van der Waals surface area contributed by atoms with Crippen LogP contribution in [-0.2, 0) is 4.79 Å². The normalized spacial score (nSPS) is 17.2. The number of carbonyl (C=O) groups excluding carboxylic acids is 1. The highest BCUT2D eigenvalue weighted by Crippen LogP contribution is 2.30. The molecule has 132 valence electrons. The second-order valence-corrected chi connectivity index (χ2v) is 7.08. The molecule has 1 heterocycles. The molecule has 3 nitrogen and oxygen atoms in total. The summed E-state index contributed by atoms with van der Waals surface area (Å²) in [5, 5.41) is 3.81. The van der Waals surface area contributed by atoms with Crippen LogP contribution < -0.4 is 5.32 Å². The average Bonchev–Trinajstić information content (AvgIpc) is 2.65. The molecule has 1 aliphatic heterocycles. The first kappa shape index (κ1) is 18.0. The molecule has 1 saturated heterocycles. The first-order valence-corrected chi connectivity index (χ1v) is 9.40. The monoisotopic (exact) mass is 356 g/mol. The van der Waals surface area contributed by atoms with Gasteiger partial charge in [0.15, 0.2) is 0 Å². The van der Waals surface area contributed by atoms with Gasteiger partial charge >= 0.3 is 0 Å². The Morgan fingerprint density at radius 1 is 1.12 bits per heavy atom. The van der Waals surface area contributed by atoms with Crippen LogP contribution in [0.1, 0.15) is 37.8 Å². The van der Waals surface area contributed by atoms with Crippen molar-refractivity contribution in [2.24, 2.45) is 5.92 Å². The number of nitrogens with one attached hydrogen (secondary N) is 1. The summed E-state index contributed by atoms with van der Waals surface area (Å²) in [5.74, 6) is 0.240. The summed E-state index contributed by atoms with van der Waals surface area (Å²) in [6.45, 7) is 4.12. The number of amides is 1. The van der Waals surface area contributed by atoms with Crippen LogP contribution in [0.25, 0.3) is 0 Å². The molecular formula is C21H25ClN2O. The summed E-state index contributed by atoms with van der Waals surface area (Å²) in [7, 11) is 0. The molecule has 4 heteroatoms. The van der Waals surface area contributed by atoms with Crippen LogP contribution in [0.4, 0.5) is 5.69 Å². The zero-order valence-electron chi connectivity index (χ0n) is 14.6. The SMILES string of the molecule is CCC(c1ccc(Cl)cc1)N1CCC(C(=O)Nc2ccccc2)CC1. The summed E-state index contributed by atoms with van der Waals surface area (Å²) in [6.07, 6.45) is 2.87. The predicted octanol–water partition coefficient (Wildman–Crippen LogP) is 5.14. The molecule has 1 aliphatic rings. The highest BCUT2D eigenvalue weighted by atomic mass is 35.5. The van der Waals surface area contributed by atoms with E-state index in [1.54, 1.807) is 0 Å². The average molecular weight is 357 g/mol. The lowest BCUT2D eigenvalue weighted by Crippen LogP contribution is -2.40. The first-order valence-electron chi connectivity index (χ1n) is 9.03. The van der Waals surface area contributed by atoms with E-state index in [4.69, 9.17) is 11.6 Å². The van der Waals surface area contributed by atoms with Crippen molar-refractivity contribution in [1.29, 1.82) is 0 Å². The lowest BCUT2D eigenvalue weighted by molar-refractivity contribution is -0.121. The number of nitrogens with zero attached hydrogens (tertiary/aromatic N) is 1. The summed E-state index contributed by atoms with van der Waals surface area (Å²) >= 11 is 6.01. The fourth-order valence-corrected chi connectivity index (χ4v) is 3.75. The van der Waals surface area contributed by atoms with Gasteiger partial charge in [-0.3, -0.25) is 9.69 Å². The Balaban J connectivity index is 1.57. The van der Waals surface area contributed by atoms with Gasteiger partial charge in [-0.15, -0.1) is 0 Å². The maximum absolute atomic E-state index is 12.5. The number of likely N-dealkylation sites (tertiary alicyclic amines) is 1. The summed E-state index contributed by atoms with van der Waals surface area (Å²) in [5.41, 5.74) is 2.18. The van der Waals surface area contributed by atoms with Crippen LogP contribution in [0.15, 0.2) is 54.6 Å². The molecule has 2 aromatic carbocycles. The molecule has 3 rings (SSSR count). The van der Waals surface area contributed by atoms with E-state index in [0.29, 0.717) is 6.04 Å². The molecule has 0 aliphatic carbocycles. The van der Waals surface area contributed by atoms with Crippen molar-refractivity contribution >= 4 is 23.2 Å². The van der Waals surface area contributed by atoms with Gasteiger partial charge in [0.25, 0.3) is 0 Å².